The van der Waals surface area contributed by atoms with Crippen LogP contribution in [0.1, 0.15) is 59.7 Å². The van der Waals surface area contributed by atoms with Gasteiger partial charge in [0.2, 0.25) is 5.91 Å². The highest BCUT2D eigenvalue weighted by Crippen LogP contribution is 2.34. The first kappa shape index (κ1) is 20.4. The van der Waals surface area contributed by atoms with Crippen molar-refractivity contribution in [2.75, 3.05) is 19.0 Å². The lowest BCUT2D eigenvalue weighted by molar-refractivity contribution is -0.116. The highest BCUT2D eigenvalue weighted by Gasteiger charge is 2.35. The van der Waals surface area contributed by atoms with Gasteiger partial charge >= 0.3 is 5.97 Å². The fourth-order valence-corrected chi connectivity index (χ4v) is 4.24. The molecule has 0 bridgehead atoms. The number of carbonyl (C=O) groups excluding carboxylic acids is 5. The molecule has 3 amide bonds. The van der Waals surface area contributed by atoms with Crippen LogP contribution in [0.2, 0.25) is 0 Å². The van der Waals surface area contributed by atoms with Crippen molar-refractivity contribution in [1.29, 1.82) is 0 Å². The Hall–Kier alpha value is -3.33. The first-order valence-corrected chi connectivity index (χ1v) is 9.55. The van der Waals surface area contributed by atoms with Crippen molar-refractivity contribution in [3.05, 3.63) is 51.4 Å². The van der Waals surface area contributed by atoms with Crippen LogP contribution in [-0.4, -0.2) is 48.0 Å². The number of esters is 1. The van der Waals surface area contributed by atoms with Gasteiger partial charge in [0.15, 0.2) is 5.78 Å². The summed E-state index contributed by atoms with van der Waals surface area (Å²) in [6, 6.07) is 6.46. The summed E-state index contributed by atoms with van der Waals surface area (Å²) < 4.78 is 4.75. The fraction of sp³-hybridized carbons (Fsp3) is 0.250. The second-order valence-corrected chi connectivity index (χ2v) is 7.43. The lowest BCUT2D eigenvalue weighted by atomic mass is 10.1. The van der Waals surface area contributed by atoms with Crippen LogP contribution in [0.5, 0.6) is 0 Å². The Morgan fingerprint density at radius 3 is 2.21 bits per heavy atom. The number of nitrogens with zero attached hydrogens (tertiary/aromatic N) is 1. The molecule has 3 rings (SSSR count). The van der Waals surface area contributed by atoms with E-state index in [9.17, 15) is 24.0 Å². The van der Waals surface area contributed by atoms with E-state index in [0.717, 1.165) is 16.2 Å². The molecule has 2 heterocycles. The molecule has 0 fully saturated rings. The van der Waals surface area contributed by atoms with Gasteiger partial charge in [0.1, 0.15) is 5.00 Å². The minimum atomic E-state index is -0.665. The van der Waals surface area contributed by atoms with Crippen molar-refractivity contribution in [2.24, 2.45) is 0 Å². The molecule has 0 aliphatic carbocycles. The summed E-state index contributed by atoms with van der Waals surface area (Å²) in [5.74, 6) is -2.28. The number of rotatable bonds is 6. The van der Waals surface area contributed by atoms with Crippen molar-refractivity contribution >= 4 is 45.8 Å². The van der Waals surface area contributed by atoms with Crippen LogP contribution in [-0.2, 0) is 9.53 Å². The van der Waals surface area contributed by atoms with Crippen LogP contribution in [0.3, 0.4) is 0 Å². The fourth-order valence-electron chi connectivity index (χ4n) is 3.13. The number of thiophene rings is 1. The van der Waals surface area contributed by atoms with Crippen molar-refractivity contribution in [1.82, 2.24) is 4.90 Å². The Bertz CT molecular complexity index is 1020. The van der Waals surface area contributed by atoms with Crippen LogP contribution in [0.25, 0.3) is 0 Å². The van der Waals surface area contributed by atoms with Crippen molar-refractivity contribution in [2.45, 2.75) is 20.3 Å². The van der Waals surface area contributed by atoms with E-state index in [1.807, 2.05) is 0 Å². The van der Waals surface area contributed by atoms with Crippen LogP contribution in [0.15, 0.2) is 24.3 Å². The number of anilines is 1. The highest BCUT2D eigenvalue weighted by atomic mass is 32.1. The van der Waals surface area contributed by atoms with E-state index >= 15 is 0 Å². The molecule has 0 saturated carbocycles. The largest absolute Gasteiger partial charge is 0.465 e. The number of ether oxygens (including phenoxy) is 1. The van der Waals surface area contributed by atoms with E-state index < -0.39 is 23.7 Å². The number of carbonyl (C=O) groups is 5. The Morgan fingerprint density at radius 1 is 1.10 bits per heavy atom. The molecule has 1 aliphatic heterocycles. The molecule has 8 nitrogen and oxygen atoms in total. The number of hydrogen-bond donors (Lipinski definition) is 1. The van der Waals surface area contributed by atoms with E-state index in [0.29, 0.717) is 21.6 Å². The van der Waals surface area contributed by atoms with Crippen molar-refractivity contribution < 1.29 is 28.7 Å². The van der Waals surface area contributed by atoms with Gasteiger partial charge in [-0.25, -0.2) is 4.79 Å². The smallest absolute Gasteiger partial charge is 0.341 e. The van der Waals surface area contributed by atoms with Gasteiger partial charge < -0.3 is 10.1 Å². The molecule has 1 aromatic heterocycles. The Morgan fingerprint density at radius 2 is 1.69 bits per heavy atom. The Kier molecular flexibility index (Phi) is 5.60. The summed E-state index contributed by atoms with van der Waals surface area (Å²) in [5, 5.41) is 2.79. The number of methoxy groups -OCH3 is 1. The second-order valence-electron chi connectivity index (χ2n) is 6.41. The normalized spacial score (nSPS) is 12.7. The lowest BCUT2D eigenvalue weighted by Gasteiger charge is -2.13. The standard InChI is InChI=1S/C20H18N2O6S/c1-10-15(20(27)28-3)17(29-16(10)11(2)23)21-14(24)8-9-22-18(25)12-6-4-5-7-13(12)19(22)26/h4-7H,8-9H2,1-3H3,(H,21,24). The van der Waals surface area contributed by atoms with E-state index in [-0.39, 0.29) is 29.3 Å². The lowest BCUT2D eigenvalue weighted by Crippen LogP contribution is -2.32. The molecule has 0 spiro atoms. The second kappa shape index (κ2) is 7.96. The maximum Gasteiger partial charge on any atom is 0.341 e. The predicted molar refractivity (Wildman–Crippen MR) is 105 cm³/mol. The monoisotopic (exact) mass is 414 g/mol. The SMILES string of the molecule is COC(=O)c1c(NC(=O)CCN2C(=O)c3ccccc3C2=O)sc(C(C)=O)c1C. The number of fused-ring (bicyclic) bond motifs is 1. The van der Waals surface area contributed by atoms with E-state index in [1.165, 1.54) is 14.0 Å². The van der Waals surface area contributed by atoms with Gasteiger partial charge in [0.25, 0.3) is 11.8 Å². The topological polar surface area (TPSA) is 110 Å². The molecule has 0 atom stereocenters. The molecule has 0 saturated heterocycles. The third-order valence-corrected chi connectivity index (χ3v) is 5.86. The molecule has 29 heavy (non-hydrogen) atoms. The van der Waals surface area contributed by atoms with Crippen LogP contribution in [0.4, 0.5) is 5.00 Å². The summed E-state index contributed by atoms with van der Waals surface area (Å²) >= 11 is 0.985. The van der Waals surface area contributed by atoms with Crippen LogP contribution in [0, 0.1) is 6.92 Å². The molecule has 9 heteroatoms. The first-order valence-electron chi connectivity index (χ1n) is 8.74. The zero-order valence-electron chi connectivity index (χ0n) is 16.0. The molecule has 0 radical (unpaired) electrons. The summed E-state index contributed by atoms with van der Waals surface area (Å²) in [6.45, 7) is 2.87. The molecule has 0 unspecified atom stereocenters. The van der Waals surface area contributed by atoms with Gasteiger partial charge in [-0.05, 0) is 31.5 Å². The number of ketones is 1. The molecular formula is C20H18N2O6S. The maximum atomic E-state index is 12.4. The summed E-state index contributed by atoms with van der Waals surface area (Å²) in [7, 11) is 1.21. The van der Waals surface area contributed by atoms with Crippen molar-refractivity contribution in [3.63, 3.8) is 0 Å². The van der Waals surface area contributed by atoms with Crippen LogP contribution >= 0.6 is 11.3 Å². The third-order valence-electron chi connectivity index (χ3n) is 4.55. The van der Waals surface area contributed by atoms with E-state index in [4.69, 9.17) is 4.74 Å². The third kappa shape index (κ3) is 3.68. The minimum absolute atomic E-state index is 0.102. The summed E-state index contributed by atoms with van der Waals surface area (Å²) in [4.78, 5) is 62.4. The minimum Gasteiger partial charge on any atom is -0.465 e. The average molecular weight is 414 g/mol. The average Bonchev–Trinajstić information content (AvgIpc) is 3.14. The predicted octanol–water partition coefficient (Wildman–Crippen LogP) is 2.67. The van der Waals surface area contributed by atoms with Gasteiger partial charge in [0.05, 0.1) is 28.7 Å². The molecule has 150 valence electrons. The number of Topliss-reactive ketones (excluding diaryl/α,β-unsaturated/α-hetero) is 1. The molecular weight excluding hydrogens is 396 g/mol. The molecule has 1 aromatic carbocycles. The van der Waals surface area contributed by atoms with Gasteiger partial charge in [-0.1, -0.05) is 12.1 Å². The number of benzene rings is 1. The number of nitrogens with one attached hydrogen (secondary N) is 1. The zero-order chi connectivity index (χ0) is 21.3. The maximum absolute atomic E-state index is 12.4. The highest BCUT2D eigenvalue weighted by molar-refractivity contribution is 7.18. The van der Waals surface area contributed by atoms with Crippen molar-refractivity contribution in [3.8, 4) is 0 Å². The molecule has 2 aromatic rings. The zero-order valence-corrected chi connectivity index (χ0v) is 16.8. The van der Waals surface area contributed by atoms with Gasteiger partial charge in [0, 0.05) is 13.0 Å². The quantitative estimate of drug-likeness (QED) is 0.442. The van der Waals surface area contributed by atoms with E-state index in [2.05, 4.69) is 5.32 Å². The van der Waals surface area contributed by atoms with Gasteiger partial charge in [-0.2, -0.15) is 0 Å². The Balaban J connectivity index is 1.73. The number of hydrogen-bond acceptors (Lipinski definition) is 7. The van der Waals surface area contributed by atoms with Crippen LogP contribution < -0.4 is 5.32 Å². The summed E-state index contributed by atoms with van der Waals surface area (Å²) in [6.07, 6.45) is -0.154. The number of amides is 3. The van der Waals surface area contributed by atoms with E-state index in [1.54, 1.807) is 31.2 Å². The van der Waals surface area contributed by atoms with Gasteiger partial charge in [-0.3, -0.25) is 24.1 Å². The summed E-state index contributed by atoms with van der Waals surface area (Å²) in [5.41, 5.74) is 1.18. The Labute approximate surface area is 170 Å². The first-order chi connectivity index (χ1) is 13.8. The van der Waals surface area contributed by atoms with Gasteiger partial charge in [-0.15, -0.1) is 11.3 Å². The molecule has 1 aliphatic rings. The number of imide groups is 1. The molecule has 1 N–H and O–H groups in total.